The number of aliphatic hydroxyl groups is 2. The zero-order valence-corrected chi connectivity index (χ0v) is 54.3. The molecule has 0 heterocycles. The van der Waals surface area contributed by atoms with Gasteiger partial charge in [-0.25, -0.2) is 0 Å². The van der Waals surface area contributed by atoms with Crippen molar-refractivity contribution in [2.75, 3.05) is 13.2 Å². The zero-order valence-electron chi connectivity index (χ0n) is 54.3. The quantitative estimate of drug-likeness (QED) is 0.0320. The average Bonchev–Trinajstić information content (AvgIpc) is 3.46. The highest BCUT2D eigenvalue weighted by atomic mass is 16.5. The van der Waals surface area contributed by atoms with Gasteiger partial charge in [0.05, 0.1) is 25.4 Å². The first-order valence-electron chi connectivity index (χ1n) is 36.6. The lowest BCUT2D eigenvalue weighted by Gasteiger charge is -2.20. The van der Waals surface area contributed by atoms with Crippen LogP contribution in [0.5, 0.6) is 0 Å². The van der Waals surface area contributed by atoms with Gasteiger partial charge >= 0.3 is 5.97 Å². The van der Waals surface area contributed by atoms with Crippen LogP contribution in [0.1, 0.15) is 412 Å². The molecule has 3 N–H and O–H groups in total. The van der Waals surface area contributed by atoms with Gasteiger partial charge in [0.25, 0.3) is 0 Å². The van der Waals surface area contributed by atoms with Crippen molar-refractivity contribution >= 4 is 11.9 Å². The van der Waals surface area contributed by atoms with Gasteiger partial charge in [-0.1, -0.05) is 366 Å². The van der Waals surface area contributed by atoms with Gasteiger partial charge in [0, 0.05) is 12.8 Å². The Labute approximate surface area is 501 Å². The van der Waals surface area contributed by atoms with Crippen LogP contribution in [0.15, 0.2) is 24.3 Å². The summed E-state index contributed by atoms with van der Waals surface area (Å²) in [5.41, 5.74) is 0. The number of allylic oxidation sites excluding steroid dienone is 3. The predicted octanol–water partition coefficient (Wildman–Crippen LogP) is 23.7. The Morgan fingerprint density at radius 1 is 0.338 bits per heavy atom. The fourth-order valence-corrected chi connectivity index (χ4v) is 11.6. The molecule has 0 saturated heterocycles. The number of ether oxygens (including phenoxy) is 1. The molecule has 80 heavy (non-hydrogen) atoms. The molecule has 0 aliphatic heterocycles. The van der Waals surface area contributed by atoms with Gasteiger partial charge in [0.2, 0.25) is 5.91 Å². The molecule has 0 fully saturated rings. The Hall–Kier alpha value is -1.66. The van der Waals surface area contributed by atoms with Crippen LogP contribution in [-0.4, -0.2) is 47.4 Å². The number of carbonyl (C=O) groups excluding carboxylic acids is 2. The van der Waals surface area contributed by atoms with E-state index in [4.69, 9.17) is 4.74 Å². The van der Waals surface area contributed by atoms with Gasteiger partial charge in [-0.3, -0.25) is 9.59 Å². The van der Waals surface area contributed by atoms with E-state index >= 15 is 0 Å². The summed E-state index contributed by atoms with van der Waals surface area (Å²) in [6.07, 6.45) is 88.4. The Morgan fingerprint density at radius 2 is 0.588 bits per heavy atom. The third-order valence-corrected chi connectivity index (χ3v) is 17.2. The van der Waals surface area contributed by atoms with Crippen molar-refractivity contribution in [3.05, 3.63) is 24.3 Å². The molecular weight excluding hydrogens is 983 g/mol. The third kappa shape index (κ3) is 65.5. The van der Waals surface area contributed by atoms with Gasteiger partial charge in [-0.15, -0.1) is 0 Å². The number of nitrogens with one attached hydrogen (secondary N) is 1. The lowest BCUT2D eigenvalue weighted by molar-refractivity contribution is -0.143. The van der Waals surface area contributed by atoms with Crippen molar-refractivity contribution in [2.24, 2.45) is 0 Å². The number of hydrogen-bond donors (Lipinski definition) is 3. The number of aliphatic hydroxyl groups excluding tert-OH is 2. The smallest absolute Gasteiger partial charge is 0.305 e. The zero-order chi connectivity index (χ0) is 57.8. The second-order valence-corrected chi connectivity index (χ2v) is 25.3. The highest BCUT2D eigenvalue weighted by molar-refractivity contribution is 5.76. The van der Waals surface area contributed by atoms with Crippen LogP contribution < -0.4 is 5.32 Å². The average molecular weight is 1130 g/mol. The summed E-state index contributed by atoms with van der Waals surface area (Å²) < 4.78 is 5.48. The minimum atomic E-state index is -0.845. The molecule has 2 unspecified atom stereocenters. The van der Waals surface area contributed by atoms with Crippen molar-refractivity contribution in [3.63, 3.8) is 0 Å². The monoisotopic (exact) mass is 1130 g/mol. The Morgan fingerprint density at radius 3 is 0.900 bits per heavy atom. The molecule has 0 aromatic heterocycles. The summed E-state index contributed by atoms with van der Waals surface area (Å²) in [5.74, 6) is -0.0539. The van der Waals surface area contributed by atoms with Crippen LogP contribution in [0.25, 0.3) is 0 Å². The van der Waals surface area contributed by atoms with Gasteiger partial charge in [0.15, 0.2) is 0 Å². The summed E-state index contributed by atoms with van der Waals surface area (Å²) in [4.78, 5) is 24.6. The topological polar surface area (TPSA) is 95.9 Å². The van der Waals surface area contributed by atoms with Crippen LogP contribution in [0.3, 0.4) is 0 Å². The standard InChI is InChI=1S/C74H143NO5/c1-3-5-7-9-11-13-15-17-18-19-20-21-22-24-27-30-33-36-39-43-46-50-54-58-62-66-72(77)71(70-76)75-73(78)67-63-59-55-51-47-44-40-37-34-31-28-25-23-26-29-32-35-38-41-45-49-53-57-61-65-69-80-74(79)68-64-60-56-52-48-42-16-14-12-10-8-6-4-2/h14,16,62,66,71-72,76-77H,3-13,15,17-61,63-65,67-70H2,1-2H3,(H,75,78)/b16-14-,66-62+. The largest absolute Gasteiger partial charge is 0.466 e. The molecule has 2 atom stereocenters. The van der Waals surface area contributed by atoms with E-state index in [1.807, 2.05) is 6.08 Å². The first kappa shape index (κ1) is 78.3. The minimum absolute atomic E-state index is 0.00755. The molecule has 0 radical (unpaired) electrons. The van der Waals surface area contributed by atoms with E-state index in [1.165, 1.54) is 340 Å². The summed E-state index contributed by atoms with van der Waals surface area (Å²) in [7, 11) is 0. The molecule has 0 saturated carbocycles. The van der Waals surface area contributed by atoms with E-state index in [1.54, 1.807) is 6.08 Å². The van der Waals surface area contributed by atoms with E-state index in [-0.39, 0.29) is 18.5 Å². The van der Waals surface area contributed by atoms with E-state index in [0.717, 1.165) is 44.9 Å². The Bertz CT molecular complexity index is 1250. The van der Waals surface area contributed by atoms with Gasteiger partial charge < -0.3 is 20.3 Å². The molecule has 0 spiro atoms. The lowest BCUT2D eigenvalue weighted by atomic mass is 10.0. The summed E-state index contributed by atoms with van der Waals surface area (Å²) in [6.45, 7) is 4.93. The normalized spacial score (nSPS) is 12.6. The number of amides is 1. The fourth-order valence-electron chi connectivity index (χ4n) is 11.6. The second-order valence-electron chi connectivity index (χ2n) is 25.3. The summed E-state index contributed by atoms with van der Waals surface area (Å²) in [5, 5.41) is 23.3. The first-order valence-corrected chi connectivity index (χ1v) is 36.6. The molecule has 0 rings (SSSR count). The highest BCUT2D eigenvalue weighted by Crippen LogP contribution is 2.19. The van der Waals surface area contributed by atoms with Gasteiger partial charge in [-0.05, 0) is 57.8 Å². The number of unbranched alkanes of at least 4 members (excludes halogenated alkanes) is 56. The molecule has 474 valence electrons. The molecule has 0 bridgehead atoms. The SMILES string of the molecule is CCCCCC/C=C\CCCCCCCC(=O)OCCCCCCCCCCCCCCCCCCCCCCCCCCCC(=O)NC(CO)C(O)/C=C/CCCCCCCCCCCCCCCCCCCCCCCCC. The first-order chi connectivity index (χ1) is 39.5. The van der Waals surface area contributed by atoms with E-state index < -0.39 is 12.1 Å². The second kappa shape index (κ2) is 69.8. The highest BCUT2D eigenvalue weighted by Gasteiger charge is 2.18. The van der Waals surface area contributed by atoms with E-state index in [9.17, 15) is 19.8 Å². The fraction of sp³-hybridized carbons (Fsp3) is 0.919. The van der Waals surface area contributed by atoms with E-state index in [0.29, 0.717) is 19.4 Å². The van der Waals surface area contributed by atoms with Crippen LogP contribution >= 0.6 is 0 Å². The molecule has 0 aromatic carbocycles. The van der Waals surface area contributed by atoms with Gasteiger partial charge in [0.1, 0.15) is 0 Å². The molecule has 1 amide bonds. The molecule has 0 aliphatic rings. The third-order valence-electron chi connectivity index (χ3n) is 17.2. The Balaban J connectivity index is 3.39. The Kier molecular flexibility index (Phi) is 68.4. The van der Waals surface area contributed by atoms with Crippen LogP contribution in [0.4, 0.5) is 0 Å². The molecule has 6 heteroatoms. The van der Waals surface area contributed by atoms with Crippen LogP contribution in [0, 0.1) is 0 Å². The lowest BCUT2D eigenvalue weighted by Crippen LogP contribution is -2.45. The summed E-state index contributed by atoms with van der Waals surface area (Å²) in [6, 6.07) is -0.628. The molecule has 0 aliphatic carbocycles. The van der Waals surface area contributed by atoms with Crippen molar-refractivity contribution in [1.82, 2.24) is 5.32 Å². The van der Waals surface area contributed by atoms with E-state index in [2.05, 4.69) is 31.3 Å². The predicted molar refractivity (Wildman–Crippen MR) is 352 cm³/mol. The molecule has 6 nitrogen and oxygen atoms in total. The molecule has 0 aromatic rings. The van der Waals surface area contributed by atoms with Crippen molar-refractivity contribution < 1.29 is 24.5 Å². The minimum Gasteiger partial charge on any atom is -0.466 e. The number of hydrogen-bond acceptors (Lipinski definition) is 5. The maximum Gasteiger partial charge on any atom is 0.305 e. The number of esters is 1. The van der Waals surface area contributed by atoms with Crippen LogP contribution in [-0.2, 0) is 14.3 Å². The maximum atomic E-state index is 12.5. The van der Waals surface area contributed by atoms with Crippen molar-refractivity contribution in [2.45, 2.75) is 424 Å². The van der Waals surface area contributed by atoms with Crippen molar-refractivity contribution in [3.8, 4) is 0 Å². The summed E-state index contributed by atoms with van der Waals surface area (Å²) >= 11 is 0. The van der Waals surface area contributed by atoms with Crippen molar-refractivity contribution in [1.29, 1.82) is 0 Å². The molecular formula is C74H143NO5. The van der Waals surface area contributed by atoms with Crippen LogP contribution in [0.2, 0.25) is 0 Å². The number of rotatable bonds is 69. The number of carbonyl (C=O) groups is 2. The van der Waals surface area contributed by atoms with Gasteiger partial charge in [-0.2, -0.15) is 0 Å². The maximum absolute atomic E-state index is 12.5.